The van der Waals surface area contributed by atoms with E-state index in [2.05, 4.69) is 29.4 Å². The Morgan fingerprint density at radius 2 is 2.36 bits per heavy atom. The number of nitrogens with zero attached hydrogens (tertiary/aromatic N) is 1. The molecular formula is C11H15N3. The number of nitrogens with one attached hydrogen (secondary N) is 2. The summed E-state index contributed by atoms with van der Waals surface area (Å²) in [6.07, 6.45) is 3.74. The van der Waals surface area contributed by atoms with E-state index in [9.17, 15) is 0 Å². The van der Waals surface area contributed by atoms with Crippen LogP contribution in [0.4, 0.5) is 5.69 Å². The van der Waals surface area contributed by atoms with Crippen LogP contribution in [0.25, 0.3) is 0 Å². The predicted octanol–water partition coefficient (Wildman–Crippen LogP) is 2.47. The second kappa shape index (κ2) is 5.91. The van der Waals surface area contributed by atoms with Gasteiger partial charge in [0.15, 0.2) is 0 Å². The number of hydrogen-bond acceptors (Lipinski definition) is 2. The van der Waals surface area contributed by atoms with Crippen molar-refractivity contribution in [3.63, 3.8) is 0 Å². The molecule has 0 spiro atoms. The number of hydrogen-bond donors (Lipinski definition) is 2. The molecule has 0 aliphatic carbocycles. The molecule has 1 aromatic carbocycles. The van der Waals surface area contributed by atoms with Crippen LogP contribution >= 0.6 is 0 Å². The lowest BCUT2D eigenvalue weighted by Gasteiger charge is -2.00. The number of rotatable bonds is 5. The van der Waals surface area contributed by atoms with Crippen molar-refractivity contribution >= 4 is 18.2 Å². The Labute approximate surface area is 84.4 Å². The molecule has 14 heavy (non-hydrogen) atoms. The highest BCUT2D eigenvalue weighted by molar-refractivity contribution is 5.75. The molecule has 0 aliphatic rings. The molecule has 0 aromatic heterocycles. The maximum Gasteiger partial charge on any atom is 0.0867 e. The maximum absolute atomic E-state index is 6.81. The molecule has 0 atom stereocenters. The zero-order valence-corrected chi connectivity index (χ0v) is 8.33. The lowest BCUT2D eigenvalue weighted by Crippen LogP contribution is -1.96. The summed E-state index contributed by atoms with van der Waals surface area (Å²) in [6, 6.07) is 8.11. The Hall–Kier alpha value is -1.64. The minimum Gasteiger partial charge on any atom is -0.347 e. The molecule has 3 heteroatoms. The molecule has 2 N–H and O–H groups in total. The first-order valence-corrected chi connectivity index (χ1v) is 4.63. The third kappa shape index (κ3) is 3.85. The molecule has 0 bridgehead atoms. The Morgan fingerprint density at radius 3 is 3.07 bits per heavy atom. The van der Waals surface area contributed by atoms with Crippen molar-refractivity contribution in [3.8, 4) is 0 Å². The van der Waals surface area contributed by atoms with Crippen LogP contribution in [0.5, 0.6) is 0 Å². The van der Waals surface area contributed by atoms with Gasteiger partial charge in [-0.25, -0.2) is 0 Å². The molecule has 3 nitrogen and oxygen atoms in total. The van der Waals surface area contributed by atoms with E-state index in [1.165, 1.54) is 11.8 Å². The van der Waals surface area contributed by atoms with Gasteiger partial charge in [-0.15, -0.1) is 0 Å². The van der Waals surface area contributed by atoms with Gasteiger partial charge in [0, 0.05) is 18.7 Å². The predicted molar refractivity (Wildman–Crippen MR) is 61.6 cm³/mol. The summed E-state index contributed by atoms with van der Waals surface area (Å²) in [5.74, 6) is 0. The summed E-state index contributed by atoms with van der Waals surface area (Å²) in [5.41, 5.74) is 2.27. The molecule has 1 aromatic rings. The van der Waals surface area contributed by atoms with Gasteiger partial charge >= 0.3 is 0 Å². The minimum absolute atomic E-state index is 0.669. The van der Waals surface area contributed by atoms with Crippen LogP contribution in [0, 0.1) is 12.3 Å². The number of anilines is 1. The summed E-state index contributed by atoms with van der Waals surface area (Å²) in [6.45, 7) is 2.72. The minimum atomic E-state index is 0.669. The van der Waals surface area contributed by atoms with Gasteiger partial charge in [-0.2, -0.15) is 0 Å². The van der Waals surface area contributed by atoms with Crippen molar-refractivity contribution < 1.29 is 0 Å². The SMILES string of the molecule is Cc1cccc(NC=NCCC=N)c1. The fourth-order valence-corrected chi connectivity index (χ4v) is 1.06. The highest BCUT2D eigenvalue weighted by atomic mass is 14.9. The smallest absolute Gasteiger partial charge is 0.0867 e. The highest BCUT2D eigenvalue weighted by Gasteiger charge is 1.87. The molecule has 0 fully saturated rings. The van der Waals surface area contributed by atoms with Gasteiger partial charge in [0.1, 0.15) is 0 Å². The Kier molecular flexibility index (Phi) is 4.41. The molecule has 0 unspecified atom stereocenters. The fraction of sp³-hybridized carbons (Fsp3) is 0.273. The largest absolute Gasteiger partial charge is 0.347 e. The van der Waals surface area contributed by atoms with E-state index in [-0.39, 0.29) is 0 Å². The molecule has 0 aliphatic heterocycles. The first-order valence-electron chi connectivity index (χ1n) is 4.63. The Bertz CT molecular complexity index is 318. The summed E-state index contributed by atoms with van der Waals surface area (Å²) in [4.78, 5) is 4.10. The third-order valence-electron chi connectivity index (χ3n) is 1.74. The summed E-state index contributed by atoms with van der Waals surface area (Å²) < 4.78 is 0. The van der Waals surface area contributed by atoms with Gasteiger partial charge < -0.3 is 10.7 Å². The van der Waals surface area contributed by atoms with E-state index in [4.69, 9.17) is 5.41 Å². The van der Waals surface area contributed by atoms with Crippen LogP contribution in [0.1, 0.15) is 12.0 Å². The van der Waals surface area contributed by atoms with Gasteiger partial charge in [0.25, 0.3) is 0 Å². The third-order valence-corrected chi connectivity index (χ3v) is 1.74. The van der Waals surface area contributed by atoms with Gasteiger partial charge in [-0.05, 0) is 30.8 Å². The lowest BCUT2D eigenvalue weighted by atomic mass is 10.2. The van der Waals surface area contributed by atoms with Crippen LogP contribution in [-0.4, -0.2) is 19.1 Å². The topological polar surface area (TPSA) is 48.2 Å². The van der Waals surface area contributed by atoms with Gasteiger partial charge in [-0.3, -0.25) is 4.99 Å². The molecule has 1 rings (SSSR count). The van der Waals surface area contributed by atoms with Crippen LogP contribution < -0.4 is 5.32 Å². The number of aliphatic imine (C=N–C) groups is 1. The quantitative estimate of drug-likeness (QED) is 0.417. The molecule has 0 radical (unpaired) electrons. The number of aryl methyl sites for hydroxylation is 1. The second-order valence-electron chi connectivity index (χ2n) is 3.04. The van der Waals surface area contributed by atoms with Crippen molar-refractivity contribution in [1.29, 1.82) is 5.41 Å². The molecule has 0 saturated carbocycles. The maximum atomic E-state index is 6.81. The van der Waals surface area contributed by atoms with E-state index in [1.54, 1.807) is 6.34 Å². The van der Waals surface area contributed by atoms with E-state index in [0.717, 1.165) is 5.69 Å². The zero-order valence-electron chi connectivity index (χ0n) is 8.33. The van der Waals surface area contributed by atoms with E-state index < -0.39 is 0 Å². The van der Waals surface area contributed by atoms with Crippen molar-refractivity contribution in [3.05, 3.63) is 29.8 Å². The van der Waals surface area contributed by atoms with Crippen molar-refractivity contribution in [2.75, 3.05) is 11.9 Å². The summed E-state index contributed by atoms with van der Waals surface area (Å²) >= 11 is 0. The normalized spacial score (nSPS) is 10.4. The van der Waals surface area contributed by atoms with Crippen molar-refractivity contribution in [1.82, 2.24) is 0 Å². The van der Waals surface area contributed by atoms with Crippen LogP contribution in [0.15, 0.2) is 29.3 Å². The van der Waals surface area contributed by atoms with Crippen molar-refractivity contribution in [2.45, 2.75) is 13.3 Å². The average Bonchev–Trinajstić information content (AvgIpc) is 2.18. The second-order valence-corrected chi connectivity index (χ2v) is 3.04. The summed E-state index contributed by atoms with van der Waals surface area (Å²) in [5, 5.41) is 9.89. The molecule has 0 saturated heterocycles. The van der Waals surface area contributed by atoms with Gasteiger partial charge in [-0.1, -0.05) is 12.1 Å². The van der Waals surface area contributed by atoms with Gasteiger partial charge in [0.2, 0.25) is 0 Å². The van der Waals surface area contributed by atoms with Crippen LogP contribution in [0.3, 0.4) is 0 Å². The molecular weight excluding hydrogens is 174 g/mol. The molecule has 0 amide bonds. The first kappa shape index (κ1) is 10.4. The molecule has 74 valence electrons. The highest BCUT2D eigenvalue weighted by Crippen LogP contribution is 2.07. The fourth-order valence-electron chi connectivity index (χ4n) is 1.06. The zero-order chi connectivity index (χ0) is 10.2. The van der Waals surface area contributed by atoms with Crippen LogP contribution in [-0.2, 0) is 0 Å². The number of benzene rings is 1. The Balaban J connectivity index is 2.37. The van der Waals surface area contributed by atoms with E-state index in [1.807, 2.05) is 12.1 Å². The molecule has 0 heterocycles. The lowest BCUT2D eigenvalue weighted by molar-refractivity contribution is 1.06. The standard InChI is InChI=1S/C11H15N3/c1-10-4-2-5-11(8-10)14-9-13-7-3-6-12/h2,4-6,8-9,12H,3,7H2,1H3,(H,13,14). The van der Waals surface area contributed by atoms with Gasteiger partial charge in [0.05, 0.1) is 6.34 Å². The monoisotopic (exact) mass is 189 g/mol. The van der Waals surface area contributed by atoms with Crippen molar-refractivity contribution in [2.24, 2.45) is 4.99 Å². The summed E-state index contributed by atoms with van der Waals surface area (Å²) in [7, 11) is 0. The average molecular weight is 189 g/mol. The Morgan fingerprint density at radius 1 is 1.50 bits per heavy atom. The van der Waals surface area contributed by atoms with E-state index >= 15 is 0 Å². The van der Waals surface area contributed by atoms with E-state index in [0.29, 0.717) is 13.0 Å². The first-order chi connectivity index (χ1) is 6.83. The van der Waals surface area contributed by atoms with Crippen LogP contribution in [0.2, 0.25) is 0 Å².